The molecule has 1 nitrogen and oxygen atoms in total. The van der Waals surface area contributed by atoms with Crippen LogP contribution in [-0.4, -0.2) is 6.61 Å². The predicted molar refractivity (Wildman–Crippen MR) is 100 cm³/mol. The van der Waals surface area contributed by atoms with Crippen molar-refractivity contribution in [3.8, 4) is 16.9 Å². The Labute approximate surface area is 141 Å². The number of hydrogen-bond acceptors (Lipinski definition) is 1. The lowest BCUT2D eigenvalue weighted by atomic mass is 10.0. The summed E-state index contributed by atoms with van der Waals surface area (Å²) >= 11 is 0. The highest BCUT2D eigenvalue weighted by Gasteiger charge is 1.99. The summed E-state index contributed by atoms with van der Waals surface area (Å²) in [4.78, 5) is 0. The standard InChI is InChI=1S/C22H30O/c1-3-5-6-7-8-9-18-23-22-16-14-21(15-17-22)20-12-10-19(4-2)11-13-20/h10-17H,3-9,18H2,1-2H3. The Kier molecular flexibility index (Phi) is 7.72. The molecular weight excluding hydrogens is 280 g/mol. The molecule has 2 rings (SSSR count). The van der Waals surface area contributed by atoms with Crippen LogP contribution in [0.2, 0.25) is 0 Å². The van der Waals surface area contributed by atoms with Crippen LogP contribution in [-0.2, 0) is 6.42 Å². The molecule has 2 aromatic carbocycles. The number of aryl methyl sites for hydroxylation is 1. The molecule has 0 aromatic heterocycles. The van der Waals surface area contributed by atoms with Gasteiger partial charge in [-0.15, -0.1) is 0 Å². The predicted octanol–water partition coefficient (Wildman–Crippen LogP) is 6.66. The molecular formula is C22H30O. The van der Waals surface area contributed by atoms with Crippen LogP contribution in [0.4, 0.5) is 0 Å². The Balaban J connectivity index is 1.75. The molecule has 2 aromatic rings. The smallest absolute Gasteiger partial charge is 0.119 e. The van der Waals surface area contributed by atoms with Crippen LogP contribution in [0.25, 0.3) is 11.1 Å². The van der Waals surface area contributed by atoms with Crippen molar-refractivity contribution in [2.24, 2.45) is 0 Å². The summed E-state index contributed by atoms with van der Waals surface area (Å²) in [5.41, 5.74) is 3.90. The second-order valence-electron chi connectivity index (χ2n) is 6.19. The molecule has 0 spiro atoms. The Hall–Kier alpha value is -1.76. The molecule has 1 heteroatoms. The van der Waals surface area contributed by atoms with Crippen molar-refractivity contribution < 1.29 is 4.74 Å². The summed E-state index contributed by atoms with van der Waals surface area (Å²) in [6.45, 7) is 5.27. The normalized spacial score (nSPS) is 10.7. The van der Waals surface area contributed by atoms with Crippen molar-refractivity contribution in [2.45, 2.75) is 58.8 Å². The van der Waals surface area contributed by atoms with E-state index in [1.807, 2.05) is 0 Å². The van der Waals surface area contributed by atoms with Crippen LogP contribution in [0.3, 0.4) is 0 Å². The first-order chi connectivity index (χ1) is 11.3. The topological polar surface area (TPSA) is 9.23 Å². The maximum Gasteiger partial charge on any atom is 0.119 e. The summed E-state index contributed by atoms with van der Waals surface area (Å²) in [6, 6.07) is 17.3. The number of benzene rings is 2. The molecule has 0 bridgehead atoms. The number of rotatable bonds is 10. The zero-order valence-electron chi connectivity index (χ0n) is 14.7. The number of unbranched alkanes of at least 4 members (excludes halogenated alkanes) is 5. The third-order valence-corrected chi connectivity index (χ3v) is 4.32. The zero-order valence-corrected chi connectivity index (χ0v) is 14.7. The third-order valence-electron chi connectivity index (χ3n) is 4.32. The third kappa shape index (κ3) is 6.09. The van der Waals surface area contributed by atoms with Gasteiger partial charge in [0.25, 0.3) is 0 Å². The maximum absolute atomic E-state index is 5.84. The second kappa shape index (κ2) is 10.1. The lowest BCUT2D eigenvalue weighted by Crippen LogP contribution is -1.97. The molecule has 124 valence electrons. The van der Waals surface area contributed by atoms with Crippen molar-refractivity contribution in [1.82, 2.24) is 0 Å². The summed E-state index contributed by atoms with van der Waals surface area (Å²) in [5, 5.41) is 0. The summed E-state index contributed by atoms with van der Waals surface area (Å²) in [5.74, 6) is 0.979. The van der Waals surface area contributed by atoms with Crippen molar-refractivity contribution in [3.05, 3.63) is 54.1 Å². The van der Waals surface area contributed by atoms with Crippen LogP contribution >= 0.6 is 0 Å². The van der Waals surface area contributed by atoms with E-state index in [4.69, 9.17) is 4.74 Å². The first-order valence-electron chi connectivity index (χ1n) is 9.15. The second-order valence-corrected chi connectivity index (χ2v) is 6.19. The van der Waals surface area contributed by atoms with E-state index in [9.17, 15) is 0 Å². The summed E-state index contributed by atoms with van der Waals surface area (Å²) in [7, 11) is 0. The molecule has 0 N–H and O–H groups in total. The first kappa shape index (κ1) is 17.6. The van der Waals surface area contributed by atoms with E-state index in [1.165, 1.54) is 48.8 Å². The molecule has 0 saturated carbocycles. The Morgan fingerprint density at radius 3 is 1.83 bits per heavy atom. The highest BCUT2D eigenvalue weighted by molar-refractivity contribution is 5.64. The van der Waals surface area contributed by atoms with E-state index in [0.29, 0.717) is 0 Å². The summed E-state index contributed by atoms with van der Waals surface area (Å²) < 4.78 is 5.84. The van der Waals surface area contributed by atoms with Crippen LogP contribution in [0, 0.1) is 0 Å². The molecule has 0 fully saturated rings. The van der Waals surface area contributed by atoms with Gasteiger partial charge in [0.2, 0.25) is 0 Å². The van der Waals surface area contributed by atoms with Gasteiger partial charge in [0.05, 0.1) is 6.61 Å². The van der Waals surface area contributed by atoms with Gasteiger partial charge in [0.15, 0.2) is 0 Å². The number of ether oxygens (including phenoxy) is 1. The van der Waals surface area contributed by atoms with Gasteiger partial charge in [-0.3, -0.25) is 0 Å². The van der Waals surface area contributed by atoms with Gasteiger partial charge in [-0.25, -0.2) is 0 Å². The lowest BCUT2D eigenvalue weighted by molar-refractivity contribution is 0.304. The molecule has 0 amide bonds. The van der Waals surface area contributed by atoms with Crippen molar-refractivity contribution in [3.63, 3.8) is 0 Å². The molecule has 0 radical (unpaired) electrons. The van der Waals surface area contributed by atoms with Gasteiger partial charge in [0, 0.05) is 0 Å². The quantitative estimate of drug-likeness (QED) is 0.446. The SMILES string of the molecule is CCCCCCCCOc1ccc(-c2ccc(CC)cc2)cc1. The molecule has 0 aliphatic carbocycles. The fourth-order valence-corrected chi connectivity index (χ4v) is 2.75. The van der Waals surface area contributed by atoms with Gasteiger partial charge in [-0.2, -0.15) is 0 Å². The summed E-state index contributed by atoms with van der Waals surface area (Å²) in [6.07, 6.45) is 8.90. The largest absolute Gasteiger partial charge is 0.494 e. The van der Waals surface area contributed by atoms with Crippen LogP contribution in [0.15, 0.2) is 48.5 Å². The van der Waals surface area contributed by atoms with E-state index >= 15 is 0 Å². The van der Waals surface area contributed by atoms with Crippen LogP contribution in [0.1, 0.15) is 57.9 Å². The van der Waals surface area contributed by atoms with Gasteiger partial charge in [-0.05, 0) is 41.7 Å². The van der Waals surface area contributed by atoms with Gasteiger partial charge < -0.3 is 4.74 Å². The van der Waals surface area contributed by atoms with E-state index in [2.05, 4.69) is 62.4 Å². The van der Waals surface area contributed by atoms with E-state index in [1.54, 1.807) is 0 Å². The van der Waals surface area contributed by atoms with Gasteiger partial charge >= 0.3 is 0 Å². The minimum Gasteiger partial charge on any atom is -0.494 e. The molecule has 0 aliphatic rings. The minimum atomic E-state index is 0.830. The van der Waals surface area contributed by atoms with Gasteiger partial charge in [0.1, 0.15) is 5.75 Å². The molecule has 0 unspecified atom stereocenters. The minimum absolute atomic E-state index is 0.830. The van der Waals surface area contributed by atoms with Crippen LogP contribution in [0.5, 0.6) is 5.75 Å². The van der Waals surface area contributed by atoms with E-state index in [-0.39, 0.29) is 0 Å². The molecule has 0 saturated heterocycles. The highest BCUT2D eigenvalue weighted by Crippen LogP contribution is 2.23. The number of hydrogen-bond donors (Lipinski definition) is 0. The van der Waals surface area contributed by atoms with E-state index in [0.717, 1.165) is 25.2 Å². The van der Waals surface area contributed by atoms with Crippen molar-refractivity contribution in [2.75, 3.05) is 6.61 Å². The Morgan fingerprint density at radius 2 is 1.22 bits per heavy atom. The first-order valence-corrected chi connectivity index (χ1v) is 9.15. The van der Waals surface area contributed by atoms with Crippen LogP contribution < -0.4 is 4.74 Å². The lowest BCUT2D eigenvalue weighted by Gasteiger charge is -2.08. The average Bonchev–Trinajstić information content (AvgIpc) is 2.61. The maximum atomic E-state index is 5.84. The molecule has 0 aliphatic heterocycles. The van der Waals surface area contributed by atoms with Gasteiger partial charge in [-0.1, -0.05) is 82.3 Å². The fraction of sp³-hybridized carbons (Fsp3) is 0.455. The van der Waals surface area contributed by atoms with E-state index < -0.39 is 0 Å². The molecule has 23 heavy (non-hydrogen) atoms. The zero-order chi connectivity index (χ0) is 16.3. The molecule has 0 heterocycles. The van der Waals surface area contributed by atoms with Crippen molar-refractivity contribution in [1.29, 1.82) is 0 Å². The van der Waals surface area contributed by atoms with Crippen molar-refractivity contribution >= 4 is 0 Å². The molecule has 0 atom stereocenters. The Bertz CT molecular complexity index is 539. The fourth-order valence-electron chi connectivity index (χ4n) is 2.75. The highest BCUT2D eigenvalue weighted by atomic mass is 16.5. The average molecular weight is 310 g/mol. The Morgan fingerprint density at radius 1 is 0.652 bits per heavy atom. The monoisotopic (exact) mass is 310 g/mol.